The van der Waals surface area contributed by atoms with E-state index in [1.54, 1.807) is 13.8 Å². The van der Waals surface area contributed by atoms with Gasteiger partial charge in [0.1, 0.15) is 11.5 Å². The van der Waals surface area contributed by atoms with Gasteiger partial charge in [-0.25, -0.2) is 0 Å². The van der Waals surface area contributed by atoms with Gasteiger partial charge >= 0.3 is 12.3 Å². The lowest BCUT2D eigenvalue weighted by Crippen LogP contribution is -2.26. The predicted octanol–water partition coefficient (Wildman–Crippen LogP) is 5.90. The smallest absolute Gasteiger partial charge is 0.493 e. The van der Waals surface area contributed by atoms with Crippen molar-refractivity contribution in [2.45, 2.75) is 53.3 Å². The van der Waals surface area contributed by atoms with E-state index in [0.717, 1.165) is 28.8 Å². The van der Waals surface area contributed by atoms with Gasteiger partial charge in [-0.15, -0.1) is 13.2 Å². The molecule has 0 unspecified atom stereocenters. The zero-order valence-electron chi connectivity index (χ0n) is 18.5. The van der Waals surface area contributed by atoms with Crippen LogP contribution in [-0.2, 0) is 11.2 Å². The van der Waals surface area contributed by atoms with Crippen LogP contribution in [0.1, 0.15) is 53.7 Å². The van der Waals surface area contributed by atoms with E-state index in [0.29, 0.717) is 24.2 Å². The first-order valence-corrected chi connectivity index (χ1v) is 10.1. The van der Waals surface area contributed by atoms with Gasteiger partial charge in [0.15, 0.2) is 5.78 Å². The fourth-order valence-corrected chi connectivity index (χ4v) is 3.17. The van der Waals surface area contributed by atoms with E-state index in [2.05, 4.69) is 4.74 Å². The van der Waals surface area contributed by atoms with Gasteiger partial charge in [-0.3, -0.25) is 9.59 Å². The Hall–Kier alpha value is -3.03. The van der Waals surface area contributed by atoms with Crippen LogP contribution in [0.4, 0.5) is 13.2 Å². The quantitative estimate of drug-likeness (QED) is 0.455. The maximum Gasteiger partial charge on any atom is 0.573 e. The van der Waals surface area contributed by atoms with E-state index in [1.165, 1.54) is 12.1 Å². The van der Waals surface area contributed by atoms with E-state index < -0.39 is 17.7 Å². The number of carboxylic acids is 1. The molecule has 0 amide bonds. The van der Waals surface area contributed by atoms with Crippen LogP contribution in [0.3, 0.4) is 0 Å². The maximum atomic E-state index is 12.4. The first kappa shape index (κ1) is 25.2. The molecule has 0 fully saturated rings. The van der Waals surface area contributed by atoms with E-state index in [9.17, 15) is 27.9 Å². The third kappa shape index (κ3) is 7.28. The molecule has 0 aliphatic carbocycles. The Bertz CT molecular complexity index is 940. The second kappa shape index (κ2) is 10.1. The molecule has 0 bridgehead atoms. The molecule has 0 saturated heterocycles. The SMILES string of the molecule is Cc1cc(CCC(=O)c2ccc(OC(F)(F)F)cc2)cc(C)c1OCCC(C)(C)C(=O)O. The molecule has 0 aromatic heterocycles. The molecule has 5 nitrogen and oxygen atoms in total. The molecular weight excluding hydrogens is 425 g/mol. The van der Waals surface area contributed by atoms with Crippen LogP contribution in [0.5, 0.6) is 11.5 Å². The number of hydrogen-bond donors (Lipinski definition) is 1. The number of Topliss-reactive ketones (excluding diaryl/α,β-unsaturated/α-hetero) is 1. The van der Waals surface area contributed by atoms with Crippen molar-refractivity contribution in [2.24, 2.45) is 5.41 Å². The second-order valence-corrected chi connectivity index (χ2v) is 8.34. The normalized spacial score (nSPS) is 11.8. The largest absolute Gasteiger partial charge is 0.573 e. The minimum Gasteiger partial charge on any atom is -0.493 e. The first-order valence-electron chi connectivity index (χ1n) is 10.1. The van der Waals surface area contributed by atoms with Gasteiger partial charge < -0.3 is 14.6 Å². The van der Waals surface area contributed by atoms with Crippen LogP contribution in [0.2, 0.25) is 0 Å². The number of hydrogen-bond acceptors (Lipinski definition) is 4. The van der Waals surface area contributed by atoms with Crippen molar-refractivity contribution in [2.75, 3.05) is 6.61 Å². The molecule has 0 aliphatic rings. The summed E-state index contributed by atoms with van der Waals surface area (Å²) in [6.45, 7) is 7.34. The van der Waals surface area contributed by atoms with Crippen LogP contribution in [0.15, 0.2) is 36.4 Å². The number of carboxylic acid groups (broad SMARTS) is 1. The molecule has 1 N–H and O–H groups in total. The van der Waals surface area contributed by atoms with Gasteiger partial charge in [-0.05, 0) is 81.5 Å². The molecule has 174 valence electrons. The summed E-state index contributed by atoms with van der Waals surface area (Å²) in [5, 5.41) is 9.19. The predicted molar refractivity (Wildman–Crippen MR) is 113 cm³/mol. The minimum absolute atomic E-state index is 0.185. The number of carbonyl (C=O) groups excluding carboxylic acids is 1. The van der Waals surface area contributed by atoms with Crippen LogP contribution in [0.25, 0.3) is 0 Å². The Kier molecular flexibility index (Phi) is 7.93. The number of ketones is 1. The number of halogens is 3. The van der Waals surface area contributed by atoms with Crippen LogP contribution < -0.4 is 9.47 Å². The second-order valence-electron chi connectivity index (χ2n) is 8.34. The van der Waals surface area contributed by atoms with Crippen molar-refractivity contribution < 1.29 is 37.3 Å². The highest BCUT2D eigenvalue weighted by Crippen LogP contribution is 2.28. The van der Waals surface area contributed by atoms with E-state index in [4.69, 9.17) is 4.74 Å². The van der Waals surface area contributed by atoms with Crippen molar-refractivity contribution in [1.29, 1.82) is 0 Å². The zero-order chi connectivity index (χ0) is 24.1. The number of aliphatic carboxylic acids is 1. The maximum absolute atomic E-state index is 12.4. The van der Waals surface area contributed by atoms with Gasteiger partial charge in [0.2, 0.25) is 0 Å². The number of alkyl halides is 3. The summed E-state index contributed by atoms with van der Waals surface area (Å²) < 4.78 is 46.3. The number of rotatable bonds is 10. The molecule has 2 aromatic rings. The summed E-state index contributed by atoms with van der Waals surface area (Å²) in [6, 6.07) is 8.70. The summed E-state index contributed by atoms with van der Waals surface area (Å²) >= 11 is 0. The molecule has 0 aliphatic heterocycles. The monoisotopic (exact) mass is 452 g/mol. The van der Waals surface area contributed by atoms with Gasteiger partial charge in [-0.2, -0.15) is 0 Å². The highest BCUT2D eigenvalue weighted by atomic mass is 19.4. The Morgan fingerprint density at radius 3 is 2.06 bits per heavy atom. The molecule has 0 atom stereocenters. The highest BCUT2D eigenvalue weighted by molar-refractivity contribution is 5.96. The Morgan fingerprint density at radius 1 is 1.00 bits per heavy atom. The van der Waals surface area contributed by atoms with Crippen molar-refractivity contribution in [3.05, 3.63) is 58.7 Å². The lowest BCUT2D eigenvalue weighted by Gasteiger charge is -2.20. The number of carbonyl (C=O) groups is 2. The topological polar surface area (TPSA) is 72.8 Å². The Morgan fingerprint density at radius 2 is 1.56 bits per heavy atom. The van der Waals surface area contributed by atoms with E-state index in [-0.39, 0.29) is 24.6 Å². The third-order valence-corrected chi connectivity index (χ3v) is 5.12. The molecule has 2 aromatic carbocycles. The first-order chi connectivity index (χ1) is 14.8. The average Bonchev–Trinajstić information content (AvgIpc) is 2.67. The molecule has 8 heteroatoms. The van der Waals surface area contributed by atoms with Gasteiger partial charge in [0, 0.05) is 12.0 Å². The van der Waals surface area contributed by atoms with Crippen molar-refractivity contribution >= 4 is 11.8 Å². The van der Waals surface area contributed by atoms with Gasteiger partial charge in [0.25, 0.3) is 0 Å². The lowest BCUT2D eigenvalue weighted by atomic mass is 9.90. The van der Waals surface area contributed by atoms with E-state index in [1.807, 2.05) is 26.0 Å². The lowest BCUT2D eigenvalue weighted by molar-refractivity contribution is -0.274. The van der Waals surface area contributed by atoms with E-state index >= 15 is 0 Å². The zero-order valence-corrected chi connectivity index (χ0v) is 18.5. The van der Waals surface area contributed by atoms with Gasteiger partial charge in [-0.1, -0.05) is 12.1 Å². The highest BCUT2D eigenvalue weighted by Gasteiger charge is 2.31. The summed E-state index contributed by atoms with van der Waals surface area (Å²) in [5.74, 6) is -0.740. The molecule has 32 heavy (non-hydrogen) atoms. The fourth-order valence-electron chi connectivity index (χ4n) is 3.17. The molecule has 0 radical (unpaired) electrons. The van der Waals surface area contributed by atoms with Crippen LogP contribution in [-0.4, -0.2) is 29.8 Å². The molecule has 0 spiro atoms. The number of ether oxygens (including phenoxy) is 2. The molecule has 2 rings (SSSR count). The summed E-state index contributed by atoms with van der Waals surface area (Å²) in [7, 11) is 0. The van der Waals surface area contributed by atoms with Crippen LogP contribution in [0, 0.1) is 19.3 Å². The van der Waals surface area contributed by atoms with Gasteiger partial charge in [0.05, 0.1) is 12.0 Å². The summed E-state index contributed by atoms with van der Waals surface area (Å²) in [6.07, 6.45) is -3.74. The third-order valence-electron chi connectivity index (χ3n) is 5.12. The van der Waals surface area contributed by atoms with Crippen LogP contribution >= 0.6 is 0 Å². The molecular formula is C24H27F3O5. The standard InChI is InChI=1S/C24H27F3O5/c1-15-13-17(14-16(2)21(15)31-12-11-23(3,4)22(29)30)5-10-20(28)18-6-8-19(9-7-18)32-24(25,26)27/h6-9,13-14H,5,10-12H2,1-4H3,(H,29,30). The van der Waals surface area contributed by atoms with Crippen molar-refractivity contribution in [3.63, 3.8) is 0 Å². The summed E-state index contributed by atoms with van der Waals surface area (Å²) in [4.78, 5) is 23.6. The average molecular weight is 452 g/mol. The number of aryl methyl sites for hydroxylation is 3. The molecule has 0 saturated carbocycles. The van der Waals surface area contributed by atoms with Crippen molar-refractivity contribution in [1.82, 2.24) is 0 Å². The molecule has 0 heterocycles. The fraction of sp³-hybridized carbons (Fsp3) is 0.417. The minimum atomic E-state index is -4.77. The Labute approximate surface area is 185 Å². The Balaban J connectivity index is 1.96. The summed E-state index contributed by atoms with van der Waals surface area (Å²) in [5.41, 5.74) is 2.14. The van der Waals surface area contributed by atoms with Crippen molar-refractivity contribution in [3.8, 4) is 11.5 Å². The number of benzene rings is 2.